The minimum Gasteiger partial charge on any atom is -0.366 e. The van der Waals surface area contributed by atoms with Gasteiger partial charge in [0.2, 0.25) is 15.5 Å². The largest absolute Gasteiger partial charge is 0.366 e. The van der Waals surface area contributed by atoms with Gasteiger partial charge in [-0.3, -0.25) is 4.79 Å². The third kappa shape index (κ3) is 2.92. The van der Waals surface area contributed by atoms with Gasteiger partial charge in [-0.1, -0.05) is 0 Å². The number of hydrogen-bond donors (Lipinski definition) is 1. The summed E-state index contributed by atoms with van der Waals surface area (Å²) in [6, 6.07) is 1.10. The first kappa shape index (κ1) is 15.5. The highest BCUT2D eigenvalue weighted by Gasteiger charge is 2.40. The van der Waals surface area contributed by atoms with Crippen molar-refractivity contribution in [1.82, 2.24) is 9.29 Å². The molecule has 1 aliphatic rings. The van der Waals surface area contributed by atoms with Crippen LogP contribution in [0, 0.1) is 0 Å². The predicted octanol–water partition coefficient (Wildman–Crippen LogP) is -0.517. The Morgan fingerprint density at radius 3 is 2.65 bits per heavy atom. The van der Waals surface area contributed by atoms with Gasteiger partial charge in [0.1, 0.15) is 10.3 Å². The molecule has 0 radical (unpaired) electrons. The third-order valence-electron chi connectivity index (χ3n) is 2.91. The maximum absolute atomic E-state index is 12.5. The highest BCUT2D eigenvalue weighted by Crippen LogP contribution is 2.25. The van der Waals surface area contributed by atoms with E-state index in [0.717, 1.165) is 22.8 Å². The van der Waals surface area contributed by atoms with Gasteiger partial charge in [0.05, 0.1) is 0 Å². The Hall–Kier alpha value is -0.840. The van der Waals surface area contributed by atoms with E-state index in [2.05, 4.69) is 4.98 Å². The van der Waals surface area contributed by atoms with E-state index in [0.29, 0.717) is 5.75 Å². The van der Waals surface area contributed by atoms with Gasteiger partial charge in [-0.05, 0) is 0 Å². The molecular formula is C10H14N2O5S3. The van der Waals surface area contributed by atoms with Crippen molar-refractivity contribution >= 4 is 31.6 Å². The zero-order valence-electron chi connectivity index (χ0n) is 10.6. The number of nitrogens with one attached hydrogen (secondary N) is 1. The molecule has 1 atom stereocenters. The highest BCUT2D eigenvalue weighted by molar-refractivity contribution is 8.01. The molecule has 1 unspecified atom stereocenters. The lowest BCUT2D eigenvalue weighted by atomic mass is 10.5. The van der Waals surface area contributed by atoms with Crippen LogP contribution >= 0.6 is 11.8 Å². The van der Waals surface area contributed by atoms with Crippen LogP contribution in [0.2, 0.25) is 0 Å². The molecule has 0 saturated carbocycles. The van der Waals surface area contributed by atoms with Crippen molar-refractivity contribution in [3.63, 3.8) is 0 Å². The molecule has 2 heterocycles. The normalized spacial score (nSPS) is 21.8. The van der Waals surface area contributed by atoms with Gasteiger partial charge in [0.15, 0.2) is 9.84 Å². The Labute approximate surface area is 121 Å². The minimum atomic E-state index is -4.13. The number of hydrogen-bond acceptors (Lipinski definition) is 6. The molecule has 2 rings (SSSR count). The Morgan fingerprint density at radius 2 is 2.05 bits per heavy atom. The second-order valence-electron chi connectivity index (χ2n) is 4.35. The van der Waals surface area contributed by atoms with Crippen LogP contribution in [0.4, 0.5) is 0 Å². The molecule has 1 aromatic rings. The van der Waals surface area contributed by atoms with Gasteiger partial charge in [-0.25, -0.2) is 16.8 Å². The number of rotatable bonds is 3. The molecule has 112 valence electrons. The number of aromatic amines is 1. The molecular weight excluding hydrogens is 324 g/mol. The molecule has 10 heteroatoms. The van der Waals surface area contributed by atoms with E-state index in [1.807, 2.05) is 0 Å². The SMILES string of the molecule is CS(=O)(=O)C1CSCCN1S(=O)(=O)c1c[nH]ccc1=O. The smallest absolute Gasteiger partial charge is 0.249 e. The average molecular weight is 338 g/mol. The van der Waals surface area contributed by atoms with Crippen LogP contribution in [0.1, 0.15) is 0 Å². The van der Waals surface area contributed by atoms with Crippen molar-refractivity contribution in [3.05, 3.63) is 28.7 Å². The lowest BCUT2D eigenvalue weighted by Gasteiger charge is -2.32. The molecule has 0 amide bonds. The molecule has 20 heavy (non-hydrogen) atoms. The Morgan fingerprint density at radius 1 is 1.35 bits per heavy atom. The van der Waals surface area contributed by atoms with Crippen molar-refractivity contribution in [1.29, 1.82) is 0 Å². The van der Waals surface area contributed by atoms with E-state index >= 15 is 0 Å². The summed E-state index contributed by atoms with van der Waals surface area (Å²) >= 11 is 1.38. The first-order chi connectivity index (χ1) is 9.24. The van der Waals surface area contributed by atoms with Crippen LogP contribution in [-0.4, -0.2) is 55.8 Å². The Bertz CT molecular complexity index is 753. The topological polar surface area (TPSA) is 104 Å². The van der Waals surface area contributed by atoms with Crippen molar-refractivity contribution in [2.45, 2.75) is 10.3 Å². The first-order valence-corrected chi connectivity index (χ1v) is 10.2. The monoisotopic (exact) mass is 338 g/mol. The molecule has 0 aromatic carbocycles. The molecule has 7 nitrogen and oxygen atoms in total. The number of H-pyrrole nitrogens is 1. The molecule has 1 aliphatic heterocycles. The van der Waals surface area contributed by atoms with E-state index in [1.54, 1.807) is 0 Å². The Kier molecular flexibility index (Phi) is 4.28. The van der Waals surface area contributed by atoms with Gasteiger partial charge >= 0.3 is 0 Å². The van der Waals surface area contributed by atoms with E-state index in [4.69, 9.17) is 0 Å². The summed E-state index contributed by atoms with van der Waals surface area (Å²) < 4.78 is 49.4. The zero-order valence-corrected chi connectivity index (χ0v) is 13.1. The number of sulfonamides is 1. The van der Waals surface area contributed by atoms with Gasteiger partial charge in [-0.2, -0.15) is 16.1 Å². The third-order valence-corrected chi connectivity index (χ3v) is 7.61. The first-order valence-electron chi connectivity index (χ1n) is 5.70. The van der Waals surface area contributed by atoms with Crippen LogP contribution in [0.15, 0.2) is 28.2 Å². The van der Waals surface area contributed by atoms with Crippen molar-refractivity contribution < 1.29 is 16.8 Å². The summed E-state index contributed by atoms with van der Waals surface area (Å²) in [7, 11) is -7.69. The van der Waals surface area contributed by atoms with Crippen molar-refractivity contribution in [3.8, 4) is 0 Å². The van der Waals surface area contributed by atoms with E-state index in [9.17, 15) is 21.6 Å². The van der Waals surface area contributed by atoms with Crippen LogP contribution in [0.5, 0.6) is 0 Å². The number of sulfone groups is 1. The fourth-order valence-corrected chi connectivity index (χ4v) is 7.12. The molecule has 1 fully saturated rings. The average Bonchev–Trinajstić information content (AvgIpc) is 2.38. The van der Waals surface area contributed by atoms with E-state index in [-0.39, 0.29) is 12.3 Å². The number of thioether (sulfide) groups is 1. The van der Waals surface area contributed by atoms with Crippen molar-refractivity contribution in [2.24, 2.45) is 0 Å². The lowest BCUT2D eigenvalue weighted by molar-refractivity contribution is 0.404. The van der Waals surface area contributed by atoms with Gasteiger partial charge in [-0.15, -0.1) is 0 Å². The molecule has 1 saturated heterocycles. The predicted molar refractivity (Wildman–Crippen MR) is 76.9 cm³/mol. The summed E-state index contributed by atoms with van der Waals surface area (Å²) in [5.41, 5.74) is -0.658. The summed E-state index contributed by atoms with van der Waals surface area (Å²) in [5, 5.41) is -1.13. The molecule has 0 aliphatic carbocycles. The molecule has 0 bridgehead atoms. The lowest BCUT2D eigenvalue weighted by Crippen LogP contribution is -2.50. The van der Waals surface area contributed by atoms with Gasteiger partial charge < -0.3 is 4.98 Å². The van der Waals surface area contributed by atoms with E-state index < -0.39 is 35.6 Å². The summed E-state index contributed by atoms with van der Waals surface area (Å²) in [4.78, 5) is 13.8. The van der Waals surface area contributed by atoms with Crippen LogP contribution < -0.4 is 5.43 Å². The minimum absolute atomic E-state index is 0.0685. The maximum atomic E-state index is 12.5. The fraction of sp³-hybridized carbons (Fsp3) is 0.500. The van der Waals surface area contributed by atoms with E-state index in [1.165, 1.54) is 18.0 Å². The highest BCUT2D eigenvalue weighted by atomic mass is 32.2. The Balaban J connectivity index is 2.53. The van der Waals surface area contributed by atoms with Gasteiger partial charge in [0, 0.05) is 42.8 Å². The number of aromatic nitrogens is 1. The maximum Gasteiger partial charge on any atom is 0.249 e. The number of pyridine rings is 1. The van der Waals surface area contributed by atoms with Crippen molar-refractivity contribution in [2.75, 3.05) is 24.3 Å². The fourth-order valence-electron chi connectivity index (χ4n) is 1.91. The second-order valence-corrected chi connectivity index (χ2v) is 9.56. The molecule has 1 aromatic heterocycles. The number of nitrogens with zero attached hydrogens (tertiary/aromatic N) is 1. The summed E-state index contributed by atoms with van der Waals surface area (Å²) in [6.07, 6.45) is 3.40. The quantitative estimate of drug-likeness (QED) is 0.795. The summed E-state index contributed by atoms with van der Waals surface area (Å²) in [5.74, 6) is 0.665. The van der Waals surface area contributed by atoms with Crippen LogP contribution in [0.25, 0.3) is 0 Å². The van der Waals surface area contributed by atoms with Crippen LogP contribution in [-0.2, 0) is 19.9 Å². The zero-order chi connectivity index (χ0) is 15.0. The molecule has 0 spiro atoms. The standard InChI is InChI=1S/C10H14N2O5S3/c1-19(14,15)10-7-18-5-4-12(10)20(16,17)9-6-11-3-2-8(9)13/h2-3,6,10H,4-5,7H2,1H3,(H,11,13). The molecule has 1 N–H and O–H groups in total. The van der Waals surface area contributed by atoms with Crippen LogP contribution in [0.3, 0.4) is 0 Å². The van der Waals surface area contributed by atoms with Gasteiger partial charge in [0.25, 0.3) is 0 Å². The summed E-state index contributed by atoms with van der Waals surface area (Å²) in [6.45, 7) is 0.0685. The second kappa shape index (κ2) is 5.51.